The first-order chi connectivity index (χ1) is 11.3. The molecule has 4 nitrogen and oxygen atoms in total. The van der Waals surface area contributed by atoms with E-state index >= 15 is 0 Å². The molecule has 2 rings (SSSR count). The predicted octanol–water partition coefficient (Wildman–Crippen LogP) is 2.80. The first-order valence-corrected chi connectivity index (χ1v) is 8.00. The van der Waals surface area contributed by atoms with E-state index in [4.69, 9.17) is 5.73 Å². The van der Waals surface area contributed by atoms with Gasteiger partial charge >= 0.3 is 6.18 Å². The summed E-state index contributed by atoms with van der Waals surface area (Å²) in [5.41, 5.74) is 5.06. The maximum Gasteiger partial charge on any atom is 0.416 e. The fraction of sp³-hybridized carbons (Fsp3) is 0.529. The molecule has 1 saturated carbocycles. The highest BCUT2D eigenvalue weighted by Gasteiger charge is 2.30. The van der Waals surface area contributed by atoms with Crippen molar-refractivity contribution in [3.05, 3.63) is 35.4 Å². The van der Waals surface area contributed by atoms with Crippen molar-refractivity contribution < 1.29 is 22.8 Å². The molecular weight excluding hydrogens is 321 g/mol. The molecule has 0 radical (unpaired) electrons. The summed E-state index contributed by atoms with van der Waals surface area (Å²) in [6.45, 7) is 0. The second kappa shape index (κ2) is 7.68. The molecular formula is C17H21F3N2O2. The highest BCUT2D eigenvalue weighted by Crippen LogP contribution is 2.29. The Bertz CT molecular complexity index is 578. The number of nitrogens with one attached hydrogen (secondary N) is 1. The summed E-state index contributed by atoms with van der Waals surface area (Å²) in [6.07, 6.45) is 0.268. The summed E-state index contributed by atoms with van der Waals surface area (Å²) < 4.78 is 37.6. The van der Waals surface area contributed by atoms with Crippen LogP contribution in [0, 0.1) is 5.92 Å². The van der Waals surface area contributed by atoms with Gasteiger partial charge in [0.1, 0.15) is 6.04 Å². The van der Waals surface area contributed by atoms with Gasteiger partial charge in [0.2, 0.25) is 11.8 Å². The van der Waals surface area contributed by atoms with Crippen LogP contribution in [0.2, 0.25) is 0 Å². The molecule has 0 bridgehead atoms. The number of alkyl halides is 3. The van der Waals surface area contributed by atoms with Crippen LogP contribution in [0.4, 0.5) is 13.2 Å². The van der Waals surface area contributed by atoms with Crippen LogP contribution in [0.3, 0.4) is 0 Å². The maximum atomic E-state index is 12.5. The summed E-state index contributed by atoms with van der Waals surface area (Å²) >= 11 is 0. The third-order valence-electron chi connectivity index (χ3n) is 4.35. The smallest absolute Gasteiger partial charge is 0.368 e. The number of halogens is 3. The van der Waals surface area contributed by atoms with Gasteiger partial charge in [0.05, 0.1) is 5.56 Å². The van der Waals surface area contributed by atoms with Crippen molar-refractivity contribution in [2.75, 3.05) is 0 Å². The third-order valence-corrected chi connectivity index (χ3v) is 4.35. The van der Waals surface area contributed by atoms with E-state index in [1.54, 1.807) is 0 Å². The lowest BCUT2D eigenvalue weighted by Crippen LogP contribution is -2.46. The highest BCUT2D eigenvalue weighted by molar-refractivity contribution is 5.86. The van der Waals surface area contributed by atoms with E-state index in [9.17, 15) is 22.8 Å². The largest absolute Gasteiger partial charge is 0.416 e. The van der Waals surface area contributed by atoms with Crippen LogP contribution in [0.15, 0.2) is 24.3 Å². The van der Waals surface area contributed by atoms with E-state index in [0.29, 0.717) is 17.9 Å². The number of hydrogen-bond acceptors (Lipinski definition) is 2. The second-order valence-corrected chi connectivity index (χ2v) is 6.28. The number of amides is 2. The monoisotopic (exact) mass is 342 g/mol. The number of rotatable bonds is 6. The van der Waals surface area contributed by atoms with Crippen LogP contribution in [-0.2, 0) is 22.2 Å². The average molecular weight is 342 g/mol. The van der Waals surface area contributed by atoms with Crippen molar-refractivity contribution in [1.82, 2.24) is 5.32 Å². The maximum absolute atomic E-state index is 12.5. The van der Waals surface area contributed by atoms with Crippen LogP contribution < -0.4 is 11.1 Å². The van der Waals surface area contributed by atoms with Crippen molar-refractivity contribution in [2.24, 2.45) is 11.7 Å². The summed E-state index contributed by atoms with van der Waals surface area (Å²) in [4.78, 5) is 23.6. The molecule has 0 aliphatic heterocycles. The van der Waals surface area contributed by atoms with Gasteiger partial charge in [0.15, 0.2) is 0 Å². The Labute approximate surface area is 138 Å². The lowest BCUT2D eigenvalue weighted by atomic mass is 10.0. The molecule has 0 heterocycles. The lowest BCUT2D eigenvalue weighted by Gasteiger charge is -2.17. The molecule has 0 unspecified atom stereocenters. The second-order valence-electron chi connectivity index (χ2n) is 6.28. The van der Waals surface area contributed by atoms with Crippen molar-refractivity contribution in [3.63, 3.8) is 0 Å². The van der Waals surface area contributed by atoms with Crippen LogP contribution >= 0.6 is 0 Å². The molecule has 0 saturated heterocycles. The van der Waals surface area contributed by atoms with Gasteiger partial charge in [-0.05, 0) is 36.5 Å². The van der Waals surface area contributed by atoms with Crippen LogP contribution in [0.5, 0.6) is 0 Å². The lowest BCUT2D eigenvalue weighted by molar-refractivity contribution is -0.137. The first-order valence-electron chi connectivity index (χ1n) is 8.00. The number of primary amides is 1. The van der Waals surface area contributed by atoms with Gasteiger partial charge in [-0.25, -0.2) is 0 Å². The van der Waals surface area contributed by atoms with Crippen LogP contribution in [0.1, 0.15) is 43.2 Å². The normalized spacial score (nSPS) is 16.8. The average Bonchev–Trinajstić information content (AvgIpc) is 2.99. The Morgan fingerprint density at radius 3 is 2.25 bits per heavy atom. The van der Waals surface area contributed by atoms with Gasteiger partial charge in [-0.3, -0.25) is 9.59 Å². The predicted molar refractivity (Wildman–Crippen MR) is 82.8 cm³/mol. The zero-order valence-corrected chi connectivity index (χ0v) is 13.2. The Morgan fingerprint density at radius 2 is 1.75 bits per heavy atom. The Hall–Kier alpha value is -2.05. The molecule has 24 heavy (non-hydrogen) atoms. The molecule has 2 amide bonds. The molecule has 3 N–H and O–H groups in total. The number of carbonyl (C=O) groups is 2. The first kappa shape index (κ1) is 18.3. The van der Waals surface area contributed by atoms with Crippen LogP contribution in [-0.4, -0.2) is 17.9 Å². The molecule has 0 spiro atoms. The summed E-state index contributed by atoms with van der Waals surface area (Å²) in [5.74, 6) is -0.600. The molecule has 1 aromatic rings. The van der Waals surface area contributed by atoms with E-state index in [1.165, 1.54) is 12.1 Å². The minimum Gasteiger partial charge on any atom is -0.368 e. The highest BCUT2D eigenvalue weighted by atomic mass is 19.4. The van der Waals surface area contributed by atoms with Gasteiger partial charge < -0.3 is 11.1 Å². The number of carbonyl (C=O) groups excluding carboxylic acids is 2. The number of benzene rings is 1. The quantitative estimate of drug-likeness (QED) is 0.834. The molecule has 0 aromatic heterocycles. The van der Waals surface area contributed by atoms with Crippen molar-refractivity contribution in [3.8, 4) is 0 Å². The SMILES string of the molecule is NC(=O)[C@H](Cc1ccc(C(F)(F)F)cc1)NC(=O)CC1CCCC1. The van der Waals surface area contributed by atoms with E-state index in [2.05, 4.69) is 5.32 Å². The van der Waals surface area contributed by atoms with Gasteiger partial charge in [-0.1, -0.05) is 25.0 Å². The zero-order valence-electron chi connectivity index (χ0n) is 13.2. The molecule has 1 aliphatic carbocycles. The number of nitrogens with two attached hydrogens (primary N) is 1. The fourth-order valence-corrected chi connectivity index (χ4v) is 3.02. The summed E-state index contributed by atoms with van der Waals surface area (Å²) in [6, 6.07) is 3.57. The van der Waals surface area contributed by atoms with Gasteiger partial charge in [-0.15, -0.1) is 0 Å². The topological polar surface area (TPSA) is 72.2 Å². The van der Waals surface area contributed by atoms with Crippen molar-refractivity contribution in [1.29, 1.82) is 0 Å². The minimum atomic E-state index is -4.41. The summed E-state index contributed by atoms with van der Waals surface area (Å²) in [5, 5.41) is 2.60. The van der Waals surface area contributed by atoms with Gasteiger partial charge in [0, 0.05) is 12.8 Å². The van der Waals surface area contributed by atoms with E-state index in [-0.39, 0.29) is 12.3 Å². The van der Waals surface area contributed by atoms with E-state index in [1.807, 2.05) is 0 Å². The zero-order chi connectivity index (χ0) is 17.7. The Kier molecular flexibility index (Phi) is 5.85. The molecule has 1 fully saturated rings. The summed E-state index contributed by atoms with van der Waals surface area (Å²) in [7, 11) is 0. The number of hydrogen-bond donors (Lipinski definition) is 2. The minimum absolute atomic E-state index is 0.0733. The van der Waals surface area contributed by atoms with Crippen molar-refractivity contribution >= 4 is 11.8 Å². The molecule has 1 aromatic carbocycles. The fourth-order valence-electron chi connectivity index (χ4n) is 3.02. The van der Waals surface area contributed by atoms with Gasteiger partial charge in [-0.2, -0.15) is 13.2 Å². The van der Waals surface area contributed by atoms with Crippen LogP contribution in [0.25, 0.3) is 0 Å². The Balaban J connectivity index is 1.95. The van der Waals surface area contributed by atoms with Gasteiger partial charge in [0.25, 0.3) is 0 Å². The van der Waals surface area contributed by atoms with E-state index < -0.39 is 23.7 Å². The standard InChI is InChI=1S/C17H21F3N2O2/c18-17(19,20)13-7-5-12(6-8-13)9-14(16(21)24)22-15(23)10-11-3-1-2-4-11/h5-8,11,14H,1-4,9-10H2,(H2,21,24)(H,22,23)/t14-/m0/s1. The van der Waals surface area contributed by atoms with E-state index in [0.717, 1.165) is 37.8 Å². The van der Waals surface area contributed by atoms with Crippen molar-refractivity contribution in [2.45, 2.75) is 50.7 Å². The molecule has 132 valence electrons. The third kappa shape index (κ3) is 5.25. The Morgan fingerprint density at radius 1 is 1.17 bits per heavy atom. The molecule has 7 heteroatoms. The molecule has 1 aliphatic rings. The molecule has 1 atom stereocenters.